The third-order valence-electron chi connectivity index (χ3n) is 11.9. The molecule has 9 rings (SSSR count). The molecule has 2 atom stereocenters. The second kappa shape index (κ2) is 16.7. The molecule has 12 nitrogen and oxygen atoms in total. The predicted octanol–water partition coefficient (Wildman–Crippen LogP) is 9.30. The van der Waals surface area contributed by atoms with Crippen LogP contribution >= 0.6 is 11.8 Å². The van der Waals surface area contributed by atoms with Gasteiger partial charge in [-0.25, -0.2) is 0 Å². The average Bonchev–Trinajstić information content (AvgIpc) is 3.77. The summed E-state index contributed by atoms with van der Waals surface area (Å²) in [6.07, 6.45) is 8.14. The van der Waals surface area contributed by atoms with Crippen molar-refractivity contribution < 1.29 is 33.3 Å². The van der Waals surface area contributed by atoms with Crippen molar-refractivity contribution >= 4 is 70.3 Å². The van der Waals surface area contributed by atoms with Gasteiger partial charge in [-0.05, 0) is 77.4 Å². The molecule has 0 bridgehead atoms. The highest BCUT2D eigenvalue weighted by Crippen LogP contribution is 2.43. The largest absolute Gasteiger partial charge is 0.493 e. The maximum atomic E-state index is 14.0. The Bertz CT molecular complexity index is 2520. The van der Waals surface area contributed by atoms with E-state index in [0.29, 0.717) is 76.9 Å². The molecule has 0 aromatic heterocycles. The Hall–Kier alpha value is -6.60. The Kier molecular flexibility index (Phi) is 11.0. The number of thioether (sulfide) groups is 1. The van der Waals surface area contributed by atoms with Gasteiger partial charge in [0, 0.05) is 65.6 Å². The molecular weight excluding hydrogens is 803 g/mol. The molecule has 0 aliphatic carbocycles. The van der Waals surface area contributed by atoms with Crippen LogP contribution in [-0.4, -0.2) is 67.5 Å². The molecule has 5 aromatic carbocycles. The van der Waals surface area contributed by atoms with Gasteiger partial charge in [0.25, 0.3) is 11.8 Å². The van der Waals surface area contributed by atoms with Gasteiger partial charge in [0.2, 0.25) is 5.91 Å². The minimum atomic E-state index is -0.190. The van der Waals surface area contributed by atoms with E-state index in [9.17, 15) is 14.4 Å². The quantitative estimate of drug-likeness (QED) is 0.124. The zero-order valence-corrected chi connectivity index (χ0v) is 36.1. The van der Waals surface area contributed by atoms with Crippen molar-refractivity contribution in [1.29, 1.82) is 0 Å². The zero-order chi connectivity index (χ0) is 43.1. The lowest BCUT2D eigenvalue weighted by Gasteiger charge is -2.22. The fraction of sp³-hybridized carbons (Fsp3) is 0.286. The van der Waals surface area contributed by atoms with Crippen LogP contribution in [0.1, 0.15) is 69.7 Å². The van der Waals surface area contributed by atoms with E-state index in [1.54, 1.807) is 45.8 Å². The zero-order valence-electron chi connectivity index (χ0n) is 35.3. The van der Waals surface area contributed by atoms with Gasteiger partial charge in [0.1, 0.15) is 13.2 Å². The Morgan fingerprint density at radius 1 is 0.710 bits per heavy atom. The number of fused-ring (bicyclic) bond motifs is 8. The van der Waals surface area contributed by atoms with E-state index in [-0.39, 0.29) is 47.8 Å². The number of ether oxygens (including phenoxy) is 4. The number of nitrogens with one attached hydrogen (secondary N) is 1. The molecular formula is C49H47N5O7S. The van der Waals surface area contributed by atoms with Crippen molar-refractivity contribution in [3.8, 4) is 23.0 Å². The molecule has 0 unspecified atom stereocenters. The maximum Gasteiger partial charge on any atom is 0.261 e. The third kappa shape index (κ3) is 7.88. The molecule has 5 aromatic rings. The number of methoxy groups -OCH3 is 2. The van der Waals surface area contributed by atoms with Gasteiger partial charge in [-0.1, -0.05) is 50.2 Å². The predicted molar refractivity (Wildman–Crippen MR) is 244 cm³/mol. The van der Waals surface area contributed by atoms with E-state index in [1.807, 2.05) is 85.4 Å². The summed E-state index contributed by atoms with van der Waals surface area (Å²) in [5.74, 6) is 1.21. The summed E-state index contributed by atoms with van der Waals surface area (Å²) in [6, 6.07) is 28.0. The Morgan fingerprint density at radius 2 is 1.19 bits per heavy atom. The number of amides is 3. The van der Waals surface area contributed by atoms with Crippen molar-refractivity contribution in [3.05, 3.63) is 124 Å². The number of para-hydroxylation sites is 2. The molecule has 0 fully saturated rings. The van der Waals surface area contributed by atoms with Gasteiger partial charge in [0.15, 0.2) is 23.0 Å². The minimum absolute atomic E-state index is 0.0451. The fourth-order valence-electron chi connectivity index (χ4n) is 8.44. The van der Waals surface area contributed by atoms with Crippen LogP contribution in [0.4, 0.5) is 28.4 Å². The smallest absolute Gasteiger partial charge is 0.261 e. The lowest BCUT2D eigenvalue weighted by molar-refractivity contribution is -0.116. The summed E-state index contributed by atoms with van der Waals surface area (Å²) >= 11 is 1.72. The van der Waals surface area contributed by atoms with Gasteiger partial charge in [-0.2, -0.15) is 11.8 Å². The van der Waals surface area contributed by atoms with Crippen LogP contribution in [0.25, 0.3) is 0 Å². The number of hydrogen-bond acceptors (Lipinski definition) is 10. The molecule has 4 aliphatic heterocycles. The normalized spacial score (nSPS) is 16.9. The second-order valence-electron chi connectivity index (χ2n) is 16.4. The number of carbonyl (C=O) groups is 3. The van der Waals surface area contributed by atoms with Crippen LogP contribution < -0.4 is 34.1 Å². The summed E-state index contributed by atoms with van der Waals surface area (Å²) in [5.41, 5.74) is 7.91. The molecule has 0 saturated heterocycles. The van der Waals surface area contributed by atoms with Gasteiger partial charge >= 0.3 is 0 Å². The van der Waals surface area contributed by atoms with Crippen molar-refractivity contribution in [2.45, 2.75) is 69.6 Å². The number of aliphatic imine (C=N–C) groups is 2. The van der Waals surface area contributed by atoms with Crippen molar-refractivity contribution in [2.75, 3.05) is 35.6 Å². The van der Waals surface area contributed by atoms with E-state index in [2.05, 4.69) is 19.2 Å². The van der Waals surface area contributed by atoms with E-state index < -0.39 is 0 Å². The van der Waals surface area contributed by atoms with Crippen LogP contribution in [0.5, 0.6) is 23.0 Å². The van der Waals surface area contributed by atoms with Gasteiger partial charge < -0.3 is 24.3 Å². The third-order valence-corrected chi connectivity index (χ3v) is 13.2. The molecule has 0 radical (unpaired) electrons. The molecule has 1 N–H and O–H groups in total. The first-order chi connectivity index (χ1) is 30.0. The molecule has 62 heavy (non-hydrogen) atoms. The van der Waals surface area contributed by atoms with Crippen molar-refractivity contribution in [1.82, 2.24) is 0 Å². The number of benzene rings is 5. The summed E-state index contributed by atoms with van der Waals surface area (Å²) in [5, 5.41) is 3.09. The van der Waals surface area contributed by atoms with Crippen LogP contribution in [0.15, 0.2) is 101 Å². The molecule has 13 heteroatoms. The Labute approximate surface area is 364 Å². The molecule has 0 saturated carbocycles. The SMILES string of the molecule is COc1cc2c(cc1OCc1cc(COc3cc4c(cc3OC)C(=O)N3c5ccccc5C[C@H]3C=N4)cc(NC(=O)CCC(C)(C)SC)c1)N=C[C@@H]1Cc3ccccc3N1C2=O. The lowest BCUT2D eigenvalue weighted by Crippen LogP contribution is -2.37. The highest BCUT2D eigenvalue weighted by atomic mass is 32.2. The molecule has 4 aliphatic rings. The van der Waals surface area contributed by atoms with Crippen molar-refractivity contribution in [3.63, 3.8) is 0 Å². The second-order valence-corrected chi connectivity index (χ2v) is 17.9. The van der Waals surface area contributed by atoms with Crippen LogP contribution in [0, 0.1) is 0 Å². The maximum absolute atomic E-state index is 14.0. The van der Waals surface area contributed by atoms with Crippen LogP contribution in [0.2, 0.25) is 0 Å². The van der Waals surface area contributed by atoms with Gasteiger partial charge in [-0.15, -0.1) is 0 Å². The van der Waals surface area contributed by atoms with Gasteiger partial charge in [0.05, 0.1) is 48.8 Å². The number of nitrogens with zero attached hydrogens (tertiary/aromatic N) is 4. The first-order valence-corrected chi connectivity index (χ1v) is 21.8. The number of anilines is 3. The average molecular weight is 850 g/mol. The summed E-state index contributed by atoms with van der Waals surface area (Å²) in [4.78, 5) is 54.3. The van der Waals surface area contributed by atoms with Gasteiger partial charge in [-0.3, -0.25) is 34.2 Å². The van der Waals surface area contributed by atoms with Crippen LogP contribution in [-0.2, 0) is 30.8 Å². The first-order valence-electron chi connectivity index (χ1n) is 20.6. The monoisotopic (exact) mass is 849 g/mol. The Morgan fingerprint density at radius 3 is 1.66 bits per heavy atom. The highest BCUT2D eigenvalue weighted by Gasteiger charge is 2.38. The minimum Gasteiger partial charge on any atom is -0.493 e. The lowest BCUT2D eigenvalue weighted by atomic mass is 10.1. The first kappa shape index (κ1) is 40.8. The molecule has 316 valence electrons. The summed E-state index contributed by atoms with van der Waals surface area (Å²) in [6.45, 7) is 4.45. The molecule has 4 heterocycles. The summed E-state index contributed by atoms with van der Waals surface area (Å²) < 4.78 is 24.3. The number of rotatable bonds is 13. The highest BCUT2D eigenvalue weighted by molar-refractivity contribution is 7.99. The summed E-state index contributed by atoms with van der Waals surface area (Å²) in [7, 11) is 3.08. The Balaban J connectivity index is 0.973. The topological polar surface area (TPSA) is 131 Å². The molecule has 0 spiro atoms. The van der Waals surface area contributed by atoms with Crippen molar-refractivity contribution in [2.24, 2.45) is 9.98 Å². The number of hydrogen-bond donors (Lipinski definition) is 1. The van der Waals surface area contributed by atoms with E-state index in [0.717, 1.165) is 33.6 Å². The number of carbonyl (C=O) groups excluding carboxylic acids is 3. The van der Waals surface area contributed by atoms with E-state index in [4.69, 9.17) is 28.9 Å². The van der Waals surface area contributed by atoms with E-state index in [1.165, 1.54) is 14.2 Å². The fourth-order valence-corrected chi connectivity index (χ4v) is 8.75. The van der Waals surface area contributed by atoms with Crippen LogP contribution in [0.3, 0.4) is 0 Å². The molecule has 3 amide bonds. The van der Waals surface area contributed by atoms with E-state index >= 15 is 0 Å². The standard InChI is InChI=1S/C49H47N5O7S/c1-49(2,62-5)15-14-46(55)52-33-17-29(27-60-44-23-38-36(21-42(44)58-3)47(56)53-34(25-50-38)19-31-10-6-8-12-40(31)53)16-30(18-33)28-61-45-24-39-37(22-43(45)59-4)48(57)54-35(26-51-39)20-32-11-7-9-13-41(32)54/h6-13,16-18,21-26,34-35H,14-15,19-20,27-28H2,1-5H3,(H,52,55)/t34-,35-/m0/s1.